The van der Waals surface area contributed by atoms with Gasteiger partial charge in [0.05, 0.1) is 6.33 Å². The normalized spacial score (nSPS) is 18.9. The molecule has 0 atom stereocenters. The summed E-state index contributed by atoms with van der Waals surface area (Å²) in [5, 5.41) is 3.47. The molecule has 0 saturated carbocycles. The van der Waals surface area contributed by atoms with E-state index in [2.05, 4.69) is 48.8 Å². The largest absolute Gasteiger partial charge is 0.334 e. The molecule has 120 valence electrons. The van der Waals surface area contributed by atoms with E-state index in [1.807, 2.05) is 6.33 Å². The minimum atomic E-state index is 0.293. The van der Waals surface area contributed by atoms with E-state index in [-0.39, 0.29) is 0 Å². The maximum atomic E-state index is 4.47. The summed E-state index contributed by atoms with van der Waals surface area (Å²) >= 11 is 0. The van der Waals surface area contributed by atoms with Gasteiger partial charge in [-0.25, -0.2) is 4.98 Å². The van der Waals surface area contributed by atoms with Gasteiger partial charge < -0.3 is 9.88 Å². The van der Waals surface area contributed by atoms with Crippen LogP contribution in [0.25, 0.3) is 0 Å². The van der Waals surface area contributed by atoms with E-state index in [1.54, 1.807) is 0 Å². The Morgan fingerprint density at radius 3 is 2.67 bits per heavy atom. The zero-order valence-corrected chi connectivity index (χ0v) is 14.4. The molecule has 21 heavy (non-hydrogen) atoms. The summed E-state index contributed by atoms with van der Waals surface area (Å²) in [5.41, 5.74) is 2.09. The van der Waals surface area contributed by atoms with Gasteiger partial charge in [0.2, 0.25) is 0 Å². The van der Waals surface area contributed by atoms with Crippen molar-refractivity contribution >= 4 is 0 Å². The molecule has 0 amide bonds. The average molecular weight is 291 g/mol. The Morgan fingerprint density at radius 2 is 2.00 bits per heavy atom. The van der Waals surface area contributed by atoms with Gasteiger partial charge in [-0.1, -0.05) is 47.0 Å². The Kier molecular flexibility index (Phi) is 5.48. The molecule has 0 radical (unpaired) electrons. The van der Waals surface area contributed by atoms with Crippen molar-refractivity contribution in [1.29, 1.82) is 0 Å². The van der Waals surface area contributed by atoms with Crippen LogP contribution in [0.4, 0.5) is 0 Å². The van der Waals surface area contributed by atoms with Crippen LogP contribution in [-0.2, 0) is 12.0 Å². The standard InChI is InChI=1S/C18H33N3/c1-5-6-7-8-17(2,3)14-21-15-20-13-16(21)18(4)9-11-19-12-10-18/h13,15,19H,5-12,14H2,1-4H3. The number of rotatable bonds is 7. The van der Waals surface area contributed by atoms with E-state index in [0.717, 1.165) is 19.6 Å². The molecule has 1 fully saturated rings. The Balaban J connectivity index is 2.06. The first-order valence-corrected chi connectivity index (χ1v) is 8.68. The maximum Gasteiger partial charge on any atom is 0.0948 e. The van der Waals surface area contributed by atoms with Gasteiger partial charge in [-0.3, -0.25) is 0 Å². The summed E-state index contributed by atoms with van der Waals surface area (Å²) in [6.45, 7) is 12.8. The second kappa shape index (κ2) is 6.95. The summed E-state index contributed by atoms with van der Waals surface area (Å²) in [6.07, 6.45) is 11.9. The minimum absolute atomic E-state index is 0.293. The van der Waals surface area contributed by atoms with Crippen molar-refractivity contribution in [3.8, 4) is 0 Å². The highest BCUT2D eigenvalue weighted by Gasteiger charge is 2.32. The van der Waals surface area contributed by atoms with Crippen LogP contribution in [0, 0.1) is 5.41 Å². The minimum Gasteiger partial charge on any atom is -0.334 e. The van der Waals surface area contributed by atoms with Crippen molar-refractivity contribution in [3.05, 3.63) is 18.2 Å². The molecule has 0 spiro atoms. The molecular formula is C18H33N3. The van der Waals surface area contributed by atoms with E-state index in [1.165, 1.54) is 44.2 Å². The molecular weight excluding hydrogens is 258 g/mol. The Bertz CT molecular complexity index is 427. The number of nitrogens with zero attached hydrogens (tertiary/aromatic N) is 2. The Morgan fingerprint density at radius 1 is 1.29 bits per heavy atom. The Labute approximate surface area is 130 Å². The summed E-state index contributed by atoms with van der Waals surface area (Å²) in [7, 11) is 0. The van der Waals surface area contributed by atoms with E-state index < -0.39 is 0 Å². The maximum absolute atomic E-state index is 4.47. The predicted molar refractivity (Wildman–Crippen MR) is 89.6 cm³/mol. The van der Waals surface area contributed by atoms with Crippen molar-refractivity contribution in [2.45, 2.75) is 78.2 Å². The van der Waals surface area contributed by atoms with Crippen molar-refractivity contribution in [3.63, 3.8) is 0 Å². The highest BCUT2D eigenvalue weighted by Crippen LogP contribution is 2.34. The lowest BCUT2D eigenvalue weighted by Gasteiger charge is -2.36. The topological polar surface area (TPSA) is 29.9 Å². The first-order chi connectivity index (χ1) is 9.97. The lowest BCUT2D eigenvalue weighted by molar-refractivity contribution is 0.250. The molecule has 0 aromatic carbocycles. The van der Waals surface area contributed by atoms with Crippen LogP contribution < -0.4 is 5.32 Å². The zero-order chi connectivity index (χ0) is 15.3. The number of unbranched alkanes of at least 4 members (excludes halogenated alkanes) is 2. The monoisotopic (exact) mass is 291 g/mol. The highest BCUT2D eigenvalue weighted by atomic mass is 15.1. The van der Waals surface area contributed by atoms with E-state index in [0.29, 0.717) is 10.8 Å². The average Bonchev–Trinajstić information content (AvgIpc) is 2.88. The van der Waals surface area contributed by atoms with Gasteiger partial charge in [-0.2, -0.15) is 0 Å². The first-order valence-electron chi connectivity index (χ1n) is 8.68. The van der Waals surface area contributed by atoms with E-state index in [4.69, 9.17) is 0 Å². The molecule has 2 heterocycles. The number of aromatic nitrogens is 2. The predicted octanol–water partition coefficient (Wildman–Crippen LogP) is 4.13. The number of hydrogen-bond donors (Lipinski definition) is 1. The lowest BCUT2D eigenvalue weighted by Crippen LogP contribution is -2.39. The molecule has 1 aliphatic rings. The van der Waals surface area contributed by atoms with Crippen LogP contribution in [0.15, 0.2) is 12.5 Å². The summed E-state index contributed by atoms with van der Waals surface area (Å²) in [5.74, 6) is 0. The molecule has 1 aliphatic heterocycles. The molecule has 0 aliphatic carbocycles. The SMILES string of the molecule is CCCCCC(C)(C)Cn1cncc1C1(C)CCNCC1. The summed E-state index contributed by atoms with van der Waals surface area (Å²) in [6, 6.07) is 0. The second-order valence-electron chi connectivity index (χ2n) is 7.84. The van der Waals surface area contributed by atoms with Crippen LogP contribution in [0.1, 0.15) is 71.9 Å². The van der Waals surface area contributed by atoms with Crippen LogP contribution in [-0.4, -0.2) is 22.6 Å². The molecule has 0 bridgehead atoms. The third kappa shape index (κ3) is 4.32. The molecule has 1 aromatic rings. The fourth-order valence-corrected chi connectivity index (χ4v) is 3.58. The van der Waals surface area contributed by atoms with Crippen molar-refractivity contribution in [2.75, 3.05) is 13.1 Å². The van der Waals surface area contributed by atoms with E-state index >= 15 is 0 Å². The van der Waals surface area contributed by atoms with Crippen LogP contribution >= 0.6 is 0 Å². The quantitative estimate of drug-likeness (QED) is 0.765. The zero-order valence-electron chi connectivity index (χ0n) is 14.4. The molecule has 1 aromatic heterocycles. The number of nitrogens with one attached hydrogen (secondary N) is 1. The summed E-state index contributed by atoms with van der Waals surface area (Å²) < 4.78 is 2.43. The van der Waals surface area contributed by atoms with Gasteiger partial charge in [0.15, 0.2) is 0 Å². The van der Waals surface area contributed by atoms with Crippen LogP contribution in [0.5, 0.6) is 0 Å². The fourth-order valence-electron chi connectivity index (χ4n) is 3.58. The van der Waals surface area contributed by atoms with Crippen molar-refractivity contribution in [1.82, 2.24) is 14.9 Å². The third-order valence-electron chi connectivity index (χ3n) is 5.09. The second-order valence-corrected chi connectivity index (χ2v) is 7.84. The number of hydrogen-bond acceptors (Lipinski definition) is 2. The van der Waals surface area contributed by atoms with E-state index in [9.17, 15) is 0 Å². The van der Waals surface area contributed by atoms with Gasteiger partial charge in [0.1, 0.15) is 0 Å². The molecule has 0 unspecified atom stereocenters. The van der Waals surface area contributed by atoms with Crippen molar-refractivity contribution < 1.29 is 0 Å². The van der Waals surface area contributed by atoms with Gasteiger partial charge in [0, 0.05) is 23.9 Å². The van der Waals surface area contributed by atoms with Gasteiger partial charge in [-0.05, 0) is 37.8 Å². The van der Waals surface area contributed by atoms with Gasteiger partial charge in [0.25, 0.3) is 0 Å². The first kappa shape index (κ1) is 16.5. The van der Waals surface area contributed by atoms with Gasteiger partial charge in [-0.15, -0.1) is 0 Å². The molecule has 1 saturated heterocycles. The fraction of sp³-hybridized carbons (Fsp3) is 0.833. The Hall–Kier alpha value is -0.830. The summed E-state index contributed by atoms with van der Waals surface area (Å²) in [4.78, 5) is 4.47. The number of imidazole rings is 1. The molecule has 3 nitrogen and oxygen atoms in total. The molecule has 1 N–H and O–H groups in total. The highest BCUT2D eigenvalue weighted by molar-refractivity contribution is 5.15. The van der Waals surface area contributed by atoms with Crippen LogP contribution in [0.3, 0.4) is 0 Å². The lowest BCUT2D eigenvalue weighted by atomic mass is 9.78. The molecule has 3 heteroatoms. The third-order valence-corrected chi connectivity index (χ3v) is 5.09. The smallest absolute Gasteiger partial charge is 0.0948 e. The molecule has 2 rings (SSSR count). The van der Waals surface area contributed by atoms with Crippen LogP contribution in [0.2, 0.25) is 0 Å². The van der Waals surface area contributed by atoms with Crippen molar-refractivity contribution in [2.24, 2.45) is 5.41 Å². The van der Waals surface area contributed by atoms with Gasteiger partial charge >= 0.3 is 0 Å². The number of piperidine rings is 1.